The Balaban J connectivity index is 1.80. The Labute approximate surface area is 221 Å². The summed E-state index contributed by atoms with van der Waals surface area (Å²) < 4.78 is 1.53. The molecule has 1 aromatic heterocycles. The molecule has 0 aliphatic heterocycles. The van der Waals surface area contributed by atoms with Crippen LogP contribution in [-0.2, 0) is 20.9 Å². The molecular formula is C29H32N6O3. The van der Waals surface area contributed by atoms with Gasteiger partial charge in [-0.1, -0.05) is 54.6 Å². The van der Waals surface area contributed by atoms with Crippen molar-refractivity contribution in [1.82, 2.24) is 20.3 Å². The van der Waals surface area contributed by atoms with E-state index in [4.69, 9.17) is 0 Å². The summed E-state index contributed by atoms with van der Waals surface area (Å²) in [6.07, 6.45) is 0.713. The number of nitrogens with zero attached hydrogens (tertiary/aromatic N) is 4. The van der Waals surface area contributed by atoms with E-state index in [1.165, 1.54) is 16.5 Å². The van der Waals surface area contributed by atoms with Gasteiger partial charge in [0.15, 0.2) is 0 Å². The van der Waals surface area contributed by atoms with E-state index >= 15 is 0 Å². The number of amides is 3. The largest absolute Gasteiger partial charge is 0.349 e. The van der Waals surface area contributed by atoms with Crippen molar-refractivity contribution in [2.45, 2.75) is 52.2 Å². The Hall–Kier alpha value is -4.53. The lowest BCUT2D eigenvalue weighted by Gasteiger charge is -2.34. The van der Waals surface area contributed by atoms with E-state index in [2.05, 4.69) is 20.9 Å². The minimum atomic E-state index is -0.948. The van der Waals surface area contributed by atoms with Crippen LogP contribution in [0.2, 0.25) is 0 Å². The first-order valence-electron chi connectivity index (χ1n) is 12.5. The highest BCUT2D eigenvalue weighted by molar-refractivity contribution is 6.02. The lowest BCUT2D eigenvalue weighted by molar-refractivity contribution is -0.128. The standard InChI is InChI=1S/C29H32N6O3/c1-5-29(3,4)31-28(38)27(21-11-7-6-8-12-21)35(23-17-15-22(16-18-23)30-20(2)36)26(37)19-34-25-14-10-9-13-24(25)32-33-34/h6-18,27H,5,19H2,1-4H3,(H,30,36)(H,31,38). The zero-order valence-corrected chi connectivity index (χ0v) is 22.0. The fraction of sp³-hybridized carbons (Fsp3) is 0.276. The number of hydrogen-bond donors (Lipinski definition) is 2. The van der Waals surface area contributed by atoms with Gasteiger partial charge in [-0.05, 0) is 62.2 Å². The van der Waals surface area contributed by atoms with E-state index in [9.17, 15) is 14.4 Å². The van der Waals surface area contributed by atoms with Crippen molar-refractivity contribution in [3.05, 3.63) is 84.4 Å². The molecule has 4 aromatic rings. The highest BCUT2D eigenvalue weighted by Gasteiger charge is 2.35. The van der Waals surface area contributed by atoms with Crippen molar-refractivity contribution >= 4 is 40.1 Å². The van der Waals surface area contributed by atoms with Crippen LogP contribution >= 0.6 is 0 Å². The van der Waals surface area contributed by atoms with Gasteiger partial charge in [-0.15, -0.1) is 5.10 Å². The van der Waals surface area contributed by atoms with Crippen LogP contribution in [0.15, 0.2) is 78.9 Å². The van der Waals surface area contributed by atoms with Crippen LogP contribution in [0.3, 0.4) is 0 Å². The van der Waals surface area contributed by atoms with Crippen LogP contribution in [0.5, 0.6) is 0 Å². The number of aromatic nitrogens is 3. The van der Waals surface area contributed by atoms with Gasteiger partial charge in [0.1, 0.15) is 18.1 Å². The molecule has 0 bridgehead atoms. The topological polar surface area (TPSA) is 109 Å². The molecule has 0 spiro atoms. The zero-order valence-electron chi connectivity index (χ0n) is 22.0. The van der Waals surface area contributed by atoms with Crippen molar-refractivity contribution in [3.8, 4) is 0 Å². The van der Waals surface area contributed by atoms with Crippen molar-refractivity contribution in [1.29, 1.82) is 0 Å². The SMILES string of the molecule is CCC(C)(C)NC(=O)C(c1ccccc1)N(C(=O)Cn1nnc2ccccc21)c1ccc(NC(C)=O)cc1. The molecule has 9 nitrogen and oxygen atoms in total. The van der Waals surface area contributed by atoms with E-state index in [-0.39, 0.29) is 24.3 Å². The molecule has 3 aromatic carbocycles. The Morgan fingerprint density at radius 3 is 2.26 bits per heavy atom. The van der Waals surface area contributed by atoms with Crippen LogP contribution in [0.25, 0.3) is 11.0 Å². The molecule has 3 amide bonds. The van der Waals surface area contributed by atoms with E-state index in [1.54, 1.807) is 24.3 Å². The van der Waals surface area contributed by atoms with Crippen LogP contribution in [0.1, 0.15) is 45.7 Å². The van der Waals surface area contributed by atoms with E-state index in [1.807, 2.05) is 75.4 Å². The maximum atomic E-state index is 14.1. The Kier molecular flexibility index (Phi) is 7.85. The van der Waals surface area contributed by atoms with E-state index in [0.29, 0.717) is 28.9 Å². The van der Waals surface area contributed by atoms with Gasteiger partial charge in [0.25, 0.3) is 0 Å². The summed E-state index contributed by atoms with van der Waals surface area (Å²) >= 11 is 0. The number of benzene rings is 3. The predicted molar refractivity (Wildman–Crippen MR) is 147 cm³/mol. The third-order valence-electron chi connectivity index (χ3n) is 6.41. The number of carbonyl (C=O) groups excluding carboxylic acids is 3. The molecule has 1 atom stereocenters. The first kappa shape index (κ1) is 26.5. The first-order valence-corrected chi connectivity index (χ1v) is 12.5. The normalized spacial score (nSPS) is 12.1. The summed E-state index contributed by atoms with van der Waals surface area (Å²) in [6.45, 7) is 7.20. The van der Waals surface area contributed by atoms with E-state index in [0.717, 1.165) is 5.52 Å². The number of anilines is 2. The molecule has 0 aliphatic carbocycles. The lowest BCUT2D eigenvalue weighted by atomic mass is 9.98. The number of para-hydroxylation sites is 1. The van der Waals surface area contributed by atoms with Crippen LogP contribution in [0.4, 0.5) is 11.4 Å². The molecule has 0 saturated carbocycles. The molecule has 4 rings (SSSR count). The average Bonchev–Trinajstić information content (AvgIpc) is 3.30. The summed E-state index contributed by atoms with van der Waals surface area (Å²) in [6, 6.07) is 22.5. The second-order valence-electron chi connectivity index (χ2n) is 9.77. The maximum Gasteiger partial charge on any atom is 0.249 e. The molecule has 0 aliphatic rings. The minimum absolute atomic E-state index is 0.123. The number of rotatable bonds is 9. The van der Waals surface area contributed by atoms with Crippen molar-refractivity contribution in [2.75, 3.05) is 10.2 Å². The summed E-state index contributed by atoms with van der Waals surface area (Å²) in [5.41, 5.74) is 2.68. The third kappa shape index (κ3) is 6.05. The van der Waals surface area contributed by atoms with Crippen LogP contribution in [0, 0.1) is 0 Å². The highest BCUT2D eigenvalue weighted by Crippen LogP contribution is 2.30. The number of hydrogen-bond acceptors (Lipinski definition) is 5. The molecule has 0 saturated heterocycles. The van der Waals surface area contributed by atoms with Gasteiger partial charge in [-0.2, -0.15) is 0 Å². The van der Waals surface area contributed by atoms with Gasteiger partial charge >= 0.3 is 0 Å². The zero-order chi connectivity index (χ0) is 27.3. The lowest BCUT2D eigenvalue weighted by Crippen LogP contribution is -2.51. The summed E-state index contributed by atoms with van der Waals surface area (Å²) in [5, 5.41) is 14.2. The van der Waals surface area contributed by atoms with Gasteiger partial charge in [-0.25, -0.2) is 4.68 Å². The monoisotopic (exact) mass is 512 g/mol. The number of carbonyl (C=O) groups is 3. The smallest absolute Gasteiger partial charge is 0.249 e. The second kappa shape index (κ2) is 11.2. The number of fused-ring (bicyclic) bond motifs is 1. The fourth-order valence-electron chi connectivity index (χ4n) is 4.13. The quantitative estimate of drug-likeness (QED) is 0.344. The third-order valence-corrected chi connectivity index (χ3v) is 6.41. The molecule has 2 N–H and O–H groups in total. The highest BCUT2D eigenvalue weighted by atomic mass is 16.2. The maximum absolute atomic E-state index is 14.1. The molecule has 9 heteroatoms. The Bertz CT molecular complexity index is 1430. The van der Waals surface area contributed by atoms with Crippen molar-refractivity contribution < 1.29 is 14.4 Å². The van der Waals surface area contributed by atoms with Gasteiger partial charge in [-0.3, -0.25) is 19.3 Å². The molecule has 0 fully saturated rings. The molecule has 38 heavy (non-hydrogen) atoms. The van der Waals surface area contributed by atoms with Gasteiger partial charge in [0, 0.05) is 23.8 Å². The second-order valence-corrected chi connectivity index (χ2v) is 9.77. The fourth-order valence-corrected chi connectivity index (χ4v) is 4.13. The number of nitrogens with one attached hydrogen (secondary N) is 2. The van der Waals surface area contributed by atoms with Crippen molar-refractivity contribution in [3.63, 3.8) is 0 Å². The molecule has 0 radical (unpaired) electrons. The van der Waals surface area contributed by atoms with E-state index < -0.39 is 11.6 Å². The Morgan fingerprint density at radius 2 is 1.61 bits per heavy atom. The molecule has 1 unspecified atom stereocenters. The average molecular weight is 513 g/mol. The van der Waals surface area contributed by atoms with Gasteiger partial charge in [0.2, 0.25) is 17.7 Å². The molecular weight excluding hydrogens is 480 g/mol. The molecule has 196 valence electrons. The van der Waals surface area contributed by atoms with Crippen molar-refractivity contribution in [2.24, 2.45) is 0 Å². The Morgan fingerprint density at radius 1 is 0.947 bits per heavy atom. The van der Waals surface area contributed by atoms with Crippen LogP contribution < -0.4 is 15.5 Å². The summed E-state index contributed by atoms with van der Waals surface area (Å²) in [7, 11) is 0. The predicted octanol–water partition coefficient (Wildman–Crippen LogP) is 4.47. The summed E-state index contributed by atoms with van der Waals surface area (Å²) in [4.78, 5) is 40.9. The van der Waals surface area contributed by atoms with Gasteiger partial charge in [0.05, 0.1) is 5.52 Å². The first-order chi connectivity index (χ1) is 18.2. The molecule has 1 heterocycles. The minimum Gasteiger partial charge on any atom is -0.349 e. The van der Waals surface area contributed by atoms with Gasteiger partial charge < -0.3 is 10.6 Å². The van der Waals surface area contributed by atoms with Crippen LogP contribution in [-0.4, -0.2) is 38.3 Å². The summed E-state index contributed by atoms with van der Waals surface area (Å²) in [5.74, 6) is -0.843.